The van der Waals surface area contributed by atoms with Crippen molar-refractivity contribution in [2.75, 3.05) is 0 Å². The summed E-state index contributed by atoms with van der Waals surface area (Å²) in [5.74, 6) is -0.795. The van der Waals surface area contributed by atoms with Crippen molar-refractivity contribution >= 4 is 175 Å². The van der Waals surface area contributed by atoms with Crippen molar-refractivity contribution < 1.29 is 0 Å². The summed E-state index contributed by atoms with van der Waals surface area (Å²) in [6, 6.07) is 158. The highest BCUT2D eigenvalue weighted by molar-refractivity contribution is 7.08. The maximum absolute atomic E-state index is 5.04. The number of benzene rings is 23. The number of rotatable bonds is 10. The SMILES string of the molecule is [c]1c(C2C=CC3=Cc4ccccc4C3=C2)c(C2=C3C=CCC=C3c3ccccc32)c(-c2cc3c(-c4ccc(-c5cccc6c5ccc5ccccc56)c5ccc6ccccc6c45)cccc3c3ccccc23)c2c1C(C1=C3C=CCC=C3c3ccccc31)c1c(-c3ccsc3)c(-c3cccc4cc5ccccc5cc34)c(-c3c4ccccc4cc4ccccc34)c(-c3ccc4cc5ccccc5cc4c3)c1-2. The van der Waals surface area contributed by atoms with Crippen LogP contribution in [0.2, 0.25) is 0 Å². The number of hydrogen-bond donors (Lipinski definition) is 0. The smallest absolute Gasteiger partial charge is 0.0377 e. The maximum Gasteiger partial charge on any atom is 0.0377 e. The molecule has 0 nitrogen and oxygen atoms in total. The molecule has 23 aromatic carbocycles. The first kappa shape index (κ1) is 78.7. The molecule has 0 bridgehead atoms. The van der Waals surface area contributed by atoms with E-state index < -0.39 is 5.92 Å². The van der Waals surface area contributed by atoms with E-state index in [1.165, 1.54) is 296 Å². The summed E-state index contributed by atoms with van der Waals surface area (Å²) in [5.41, 5.74) is 41.3. The molecule has 1 radical (unpaired) electrons. The van der Waals surface area contributed by atoms with Crippen molar-refractivity contribution in [2.45, 2.75) is 24.7 Å². The summed E-state index contributed by atoms with van der Waals surface area (Å²) in [6.45, 7) is 0. The topological polar surface area (TPSA) is 0 Å². The zero-order valence-electron chi connectivity index (χ0n) is 76.9. The highest BCUT2D eigenvalue weighted by Crippen LogP contribution is 2.70. The van der Waals surface area contributed by atoms with Gasteiger partial charge in [0.25, 0.3) is 0 Å². The van der Waals surface area contributed by atoms with Crippen molar-refractivity contribution in [1.29, 1.82) is 0 Å². The van der Waals surface area contributed by atoms with Crippen molar-refractivity contribution in [3.8, 4) is 89.0 Å². The number of allylic oxidation sites excluding steroid dienone is 16. The zero-order valence-corrected chi connectivity index (χ0v) is 77.7. The van der Waals surface area contributed by atoms with E-state index in [2.05, 4.69) is 466 Å². The molecule has 1 heterocycles. The van der Waals surface area contributed by atoms with Crippen molar-refractivity contribution in [1.82, 2.24) is 0 Å². The van der Waals surface area contributed by atoms with Crippen LogP contribution in [0, 0.1) is 6.07 Å². The molecule has 7 aliphatic carbocycles. The van der Waals surface area contributed by atoms with E-state index in [4.69, 9.17) is 6.07 Å². The van der Waals surface area contributed by atoms with Crippen molar-refractivity contribution in [3.63, 3.8) is 0 Å². The van der Waals surface area contributed by atoms with Crippen LogP contribution in [-0.4, -0.2) is 0 Å². The third-order valence-corrected chi connectivity index (χ3v) is 32.8. The van der Waals surface area contributed by atoms with Gasteiger partial charge in [-0.3, -0.25) is 0 Å². The van der Waals surface area contributed by atoms with E-state index in [1.54, 1.807) is 11.3 Å². The van der Waals surface area contributed by atoms with Gasteiger partial charge in [0.05, 0.1) is 0 Å². The molecule has 0 N–H and O–H groups in total. The Kier molecular flexibility index (Phi) is 17.0. The number of hydrogen-bond acceptors (Lipinski definition) is 1. The summed E-state index contributed by atoms with van der Waals surface area (Å²) in [4.78, 5) is 0. The minimum Gasteiger partial charge on any atom is -0.152 e. The second-order valence-electron chi connectivity index (χ2n) is 39.3. The minimum absolute atomic E-state index is 0.308. The molecule has 0 fully saturated rings. The highest BCUT2D eigenvalue weighted by atomic mass is 32.1. The van der Waals surface area contributed by atoms with E-state index in [0.717, 1.165) is 35.1 Å². The van der Waals surface area contributed by atoms with Gasteiger partial charge in [-0.2, -0.15) is 11.3 Å². The second-order valence-corrected chi connectivity index (χ2v) is 40.1. The minimum atomic E-state index is -0.486. The van der Waals surface area contributed by atoms with Crippen LogP contribution in [0.25, 0.3) is 252 Å². The lowest BCUT2D eigenvalue weighted by atomic mass is 9.72. The Morgan fingerprint density at radius 3 is 1.50 bits per heavy atom. The molecular formula is C140H83S. The van der Waals surface area contributed by atoms with Gasteiger partial charge in [-0.15, -0.1) is 0 Å². The summed E-state index contributed by atoms with van der Waals surface area (Å²) < 4.78 is 0. The normalized spacial score (nSPS) is 15.3. The van der Waals surface area contributed by atoms with Gasteiger partial charge in [-0.05, 0) is 403 Å². The lowest BCUT2D eigenvalue weighted by Gasteiger charge is -2.30. The van der Waals surface area contributed by atoms with Crippen LogP contribution in [0.5, 0.6) is 0 Å². The van der Waals surface area contributed by atoms with Gasteiger partial charge >= 0.3 is 0 Å². The molecule has 0 aliphatic heterocycles. The average molecular weight is 1800 g/mol. The summed E-state index contributed by atoms with van der Waals surface area (Å²) in [6.07, 6.45) is 26.6. The third kappa shape index (κ3) is 11.6. The van der Waals surface area contributed by atoms with Gasteiger partial charge in [-0.1, -0.05) is 400 Å². The fourth-order valence-corrected chi connectivity index (χ4v) is 26.9. The van der Waals surface area contributed by atoms with Crippen LogP contribution in [0.3, 0.4) is 0 Å². The quantitative estimate of drug-likeness (QED) is 0.0946. The Morgan fingerprint density at radius 1 is 0.255 bits per heavy atom. The fraction of sp³-hybridized carbons (Fsp3) is 0.0286. The fourth-order valence-electron chi connectivity index (χ4n) is 26.3. The standard InChI is InChI=1S/C140H83S/c1-2-32-85-72-96-75-94(61-58-87(96)70-83(85)30-1)127-138(130-100-41-13-8-35-89(100)74-90-36-9-14-42-101(90)130)133(118-57-25-37-91-71-84-31-3-4-33-86(84)76-122(91)118)128(95-68-69-141-80-95)140-136(132-116-51-23-19-46-107(116)108-47-20-24-52-117(108)132)126-78-123(93-60-59-92-73-88-34-7-11-39-98(88)121(92)77-93)134(131-114-49-21-17-44-105(114)106-45-18-22-50-115(106)131)135(137(126)139(127)140)125-79-124-109(103-43-15-16-48-110(103)125)55-27-56-111(124)120-67-66-113(119-65-63-82-29-6-12-40-99(82)129(119)120)104-54-26-53-102-97-38-10-5-28-81(97)62-64-112(102)104/h1-17,19,21-77,79-80,93,136H,18,20H2. The van der Waals surface area contributed by atoms with Gasteiger partial charge in [0.1, 0.15) is 0 Å². The molecule has 649 valence electrons. The molecule has 24 aromatic rings. The van der Waals surface area contributed by atoms with E-state index in [1.807, 2.05) is 0 Å². The lowest BCUT2D eigenvalue weighted by Crippen LogP contribution is -2.10. The zero-order chi connectivity index (χ0) is 91.9. The van der Waals surface area contributed by atoms with E-state index >= 15 is 0 Å². The second kappa shape index (κ2) is 30.5. The summed E-state index contributed by atoms with van der Waals surface area (Å²) in [5, 5.41) is 33.7. The summed E-state index contributed by atoms with van der Waals surface area (Å²) in [7, 11) is 0. The Morgan fingerprint density at radius 2 is 0.759 bits per heavy atom. The molecule has 0 saturated carbocycles. The van der Waals surface area contributed by atoms with E-state index in [9.17, 15) is 0 Å². The molecule has 0 saturated heterocycles. The summed E-state index contributed by atoms with van der Waals surface area (Å²) >= 11 is 1.80. The average Bonchev–Trinajstić information content (AvgIpc) is 1.51. The van der Waals surface area contributed by atoms with Crippen LogP contribution < -0.4 is 0 Å². The Balaban J connectivity index is 0.841. The van der Waals surface area contributed by atoms with Gasteiger partial charge < -0.3 is 0 Å². The molecular weight excluding hydrogens is 1710 g/mol. The van der Waals surface area contributed by atoms with E-state index in [-0.39, 0.29) is 5.92 Å². The lowest BCUT2D eigenvalue weighted by molar-refractivity contribution is 1.03. The Bertz CT molecular complexity index is 10100. The maximum atomic E-state index is 5.04. The highest BCUT2D eigenvalue weighted by Gasteiger charge is 2.48. The molecule has 0 amide bonds. The van der Waals surface area contributed by atoms with Crippen LogP contribution in [0.1, 0.15) is 80.3 Å². The van der Waals surface area contributed by atoms with Crippen LogP contribution >= 0.6 is 11.3 Å². The van der Waals surface area contributed by atoms with Gasteiger partial charge in [-0.25, -0.2) is 0 Å². The Labute approximate surface area is 820 Å². The monoisotopic (exact) mass is 1800 g/mol. The first-order valence-electron chi connectivity index (χ1n) is 49.6. The van der Waals surface area contributed by atoms with Crippen molar-refractivity contribution in [3.05, 3.63) is 538 Å². The third-order valence-electron chi connectivity index (χ3n) is 32.2. The van der Waals surface area contributed by atoms with Gasteiger partial charge in [0.2, 0.25) is 0 Å². The largest absolute Gasteiger partial charge is 0.152 e. The molecule has 7 aliphatic rings. The molecule has 1 heteroatoms. The first-order chi connectivity index (χ1) is 70.0. The van der Waals surface area contributed by atoms with Crippen LogP contribution in [0.15, 0.2) is 476 Å². The predicted molar refractivity (Wildman–Crippen MR) is 602 cm³/mol. The Hall–Kier alpha value is -17.5. The number of fused-ring (bicyclic) bond motifs is 27. The predicted octanol–water partition coefficient (Wildman–Crippen LogP) is 38.3. The van der Waals surface area contributed by atoms with E-state index in [0.29, 0.717) is 0 Å². The molecule has 1 aromatic heterocycles. The van der Waals surface area contributed by atoms with Crippen LogP contribution in [-0.2, 0) is 0 Å². The van der Waals surface area contributed by atoms with Crippen molar-refractivity contribution in [2.24, 2.45) is 0 Å². The molecule has 141 heavy (non-hydrogen) atoms. The molecule has 2 unspecified atom stereocenters. The molecule has 0 spiro atoms. The van der Waals surface area contributed by atoms with Gasteiger partial charge in [0.15, 0.2) is 0 Å². The van der Waals surface area contributed by atoms with Gasteiger partial charge in [0, 0.05) is 11.8 Å². The molecule has 2 atom stereocenters. The van der Waals surface area contributed by atoms with Crippen LogP contribution in [0.4, 0.5) is 0 Å². The first-order valence-corrected chi connectivity index (χ1v) is 50.5. The molecule has 31 rings (SSSR count). The number of thiophene rings is 1.